The predicted molar refractivity (Wildman–Crippen MR) is 107 cm³/mol. The molecule has 26 heavy (non-hydrogen) atoms. The Balaban J connectivity index is 1.82. The van der Waals surface area contributed by atoms with E-state index in [1.807, 2.05) is 62.4 Å². The molecular formula is C21H22N2O2S. The van der Waals surface area contributed by atoms with E-state index in [2.05, 4.69) is 17.2 Å². The van der Waals surface area contributed by atoms with Crippen LogP contribution in [-0.4, -0.2) is 17.5 Å². The Kier molecular flexibility index (Phi) is 5.68. The molecular weight excluding hydrogens is 344 g/mol. The van der Waals surface area contributed by atoms with Crippen LogP contribution in [0.5, 0.6) is 5.75 Å². The van der Waals surface area contributed by atoms with Crippen LogP contribution >= 0.6 is 11.3 Å². The van der Waals surface area contributed by atoms with Crippen molar-refractivity contribution in [1.82, 2.24) is 4.98 Å². The van der Waals surface area contributed by atoms with Crippen molar-refractivity contribution < 1.29 is 9.53 Å². The van der Waals surface area contributed by atoms with Crippen LogP contribution in [0, 0.1) is 6.92 Å². The molecule has 0 fully saturated rings. The van der Waals surface area contributed by atoms with Gasteiger partial charge in [0.1, 0.15) is 15.6 Å². The monoisotopic (exact) mass is 366 g/mol. The van der Waals surface area contributed by atoms with Gasteiger partial charge in [-0.3, -0.25) is 4.79 Å². The zero-order valence-corrected chi connectivity index (χ0v) is 16.0. The summed E-state index contributed by atoms with van der Waals surface area (Å²) in [5.41, 5.74) is 3.70. The second kappa shape index (κ2) is 8.15. The summed E-state index contributed by atoms with van der Waals surface area (Å²) >= 11 is 1.41. The van der Waals surface area contributed by atoms with E-state index in [0.717, 1.165) is 39.7 Å². The number of hydrogen-bond acceptors (Lipinski definition) is 4. The van der Waals surface area contributed by atoms with E-state index in [0.29, 0.717) is 11.5 Å². The summed E-state index contributed by atoms with van der Waals surface area (Å²) in [5, 5.41) is 3.85. The average molecular weight is 366 g/mol. The van der Waals surface area contributed by atoms with E-state index in [1.54, 1.807) is 0 Å². The van der Waals surface area contributed by atoms with E-state index in [1.165, 1.54) is 11.3 Å². The number of aromatic nitrogens is 1. The van der Waals surface area contributed by atoms with Crippen molar-refractivity contribution in [1.29, 1.82) is 0 Å². The van der Waals surface area contributed by atoms with E-state index in [4.69, 9.17) is 4.74 Å². The molecule has 1 N–H and O–H groups in total. The van der Waals surface area contributed by atoms with Crippen LogP contribution in [0.25, 0.3) is 10.6 Å². The van der Waals surface area contributed by atoms with E-state index < -0.39 is 0 Å². The molecule has 134 valence electrons. The van der Waals surface area contributed by atoms with Crippen LogP contribution in [-0.2, 0) is 6.42 Å². The van der Waals surface area contributed by atoms with E-state index in [9.17, 15) is 4.79 Å². The zero-order chi connectivity index (χ0) is 18.5. The van der Waals surface area contributed by atoms with E-state index >= 15 is 0 Å². The van der Waals surface area contributed by atoms with E-state index in [-0.39, 0.29) is 5.91 Å². The smallest absolute Gasteiger partial charge is 0.267 e. The van der Waals surface area contributed by atoms with Crippen LogP contribution in [0.3, 0.4) is 0 Å². The van der Waals surface area contributed by atoms with Gasteiger partial charge >= 0.3 is 0 Å². The van der Waals surface area contributed by atoms with Gasteiger partial charge in [-0.1, -0.05) is 25.1 Å². The number of ether oxygens (including phenoxy) is 1. The minimum atomic E-state index is -0.113. The third-order valence-corrected chi connectivity index (χ3v) is 5.27. The largest absolute Gasteiger partial charge is 0.494 e. The van der Waals surface area contributed by atoms with Gasteiger partial charge in [-0.05, 0) is 56.2 Å². The number of rotatable bonds is 6. The number of hydrogen-bond donors (Lipinski definition) is 1. The molecule has 0 unspecified atom stereocenters. The minimum Gasteiger partial charge on any atom is -0.494 e. The first-order valence-corrected chi connectivity index (χ1v) is 9.54. The number of para-hydroxylation sites is 1. The first-order valence-electron chi connectivity index (χ1n) is 8.72. The standard InChI is InChI=1S/C21H22N2O2S/c1-4-15-8-6-7-9-18(15)23-20(24)19-14(3)22-21(26-19)16-10-12-17(13-11-16)25-5-2/h6-13H,4-5H2,1-3H3,(H,23,24). The van der Waals surface area contributed by atoms with Gasteiger partial charge in [-0.2, -0.15) is 0 Å². The van der Waals surface area contributed by atoms with Crippen LogP contribution in [0.15, 0.2) is 48.5 Å². The molecule has 0 saturated heterocycles. The molecule has 0 bridgehead atoms. The number of amides is 1. The van der Waals surface area contributed by atoms with Gasteiger partial charge in [0.2, 0.25) is 0 Å². The minimum absolute atomic E-state index is 0.113. The second-order valence-corrected chi connectivity index (χ2v) is 6.85. The van der Waals surface area contributed by atoms with Crippen molar-refractivity contribution in [2.75, 3.05) is 11.9 Å². The highest BCUT2D eigenvalue weighted by Crippen LogP contribution is 2.30. The fourth-order valence-electron chi connectivity index (χ4n) is 2.72. The predicted octanol–water partition coefficient (Wildman–Crippen LogP) is 5.33. The number of thiazole rings is 1. The molecule has 1 aromatic heterocycles. The maximum Gasteiger partial charge on any atom is 0.267 e. The number of carbonyl (C=O) groups is 1. The first kappa shape index (κ1) is 18.1. The third kappa shape index (κ3) is 3.94. The lowest BCUT2D eigenvalue weighted by atomic mass is 10.1. The Hall–Kier alpha value is -2.66. The van der Waals surface area contributed by atoms with Gasteiger partial charge in [-0.15, -0.1) is 11.3 Å². The van der Waals surface area contributed by atoms with Gasteiger partial charge < -0.3 is 10.1 Å². The Labute approximate surface area is 157 Å². The summed E-state index contributed by atoms with van der Waals surface area (Å²) in [6.07, 6.45) is 0.871. The molecule has 0 radical (unpaired) electrons. The molecule has 1 amide bonds. The van der Waals surface area contributed by atoms with Gasteiger partial charge in [0.25, 0.3) is 5.91 Å². The molecule has 3 aromatic rings. The summed E-state index contributed by atoms with van der Waals surface area (Å²) in [6, 6.07) is 15.7. The highest BCUT2D eigenvalue weighted by molar-refractivity contribution is 7.17. The Morgan fingerprint density at radius 1 is 1.12 bits per heavy atom. The van der Waals surface area contributed by atoms with Crippen molar-refractivity contribution in [3.05, 3.63) is 64.7 Å². The topological polar surface area (TPSA) is 51.2 Å². The lowest BCUT2D eigenvalue weighted by Gasteiger charge is -2.08. The highest BCUT2D eigenvalue weighted by Gasteiger charge is 2.17. The van der Waals surface area contributed by atoms with Crippen LogP contribution in [0.4, 0.5) is 5.69 Å². The maximum absolute atomic E-state index is 12.7. The summed E-state index contributed by atoms with van der Waals surface area (Å²) < 4.78 is 5.47. The summed E-state index contributed by atoms with van der Waals surface area (Å²) in [4.78, 5) is 17.9. The summed E-state index contributed by atoms with van der Waals surface area (Å²) in [7, 11) is 0. The van der Waals surface area contributed by atoms with Crippen molar-refractivity contribution >= 4 is 22.9 Å². The van der Waals surface area contributed by atoms with Crippen LogP contribution in [0.2, 0.25) is 0 Å². The van der Waals surface area contributed by atoms with Gasteiger partial charge in [0, 0.05) is 11.3 Å². The van der Waals surface area contributed by atoms with Gasteiger partial charge in [0.15, 0.2) is 0 Å². The maximum atomic E-state index is 12.7. The lowest BCUT2D eigenvalue weighted by molar-refractivity contribution is 0.102. The molecule has 0 atom stereocenters. The molecule has 0 spiro atoms. The highest BCUT2D eigenvalue weighted by atomic mass is 32.1. The Bertz CT molecular complexity index is 901. The van der Waals surface area contributed by atoms with Gasteiger partial charge in [0.05, 0.1) is 12.3 Å². The molecule has 1 heterocycles. The Morgan fingerprint density at radius 3 is 2.54 bits per heavy atom. The number of anilines is 1. The molecule has 2 aromatic carbocycles. The molecule has 3 rings (SSSR count). The quantitative estimate of drug-likeness (QED) is 0.641. The third-order valence-electron chi connectivity index (χ3n) is 4.06. The molecule has 0 aliphatic carbocycles. The second-order valence-electron chi connectivity index (χ2n) is 5.86. The first-order chi connectivity index (χ1) is 12.6. The van der Waals surface area contributed by atoms with Crippen molar-refractivity contribution in [3.8, 4) is 16.3 Å². The fraction of sp³-hybridized carbons (Fsp3) is 0.238. The average Bonchev–Trinajstić information content (AvgIpc) is 3.05. The molecule has 0 aliphatic rings. The number of nitrogens with one attached hydrogen (secondary N) is 1. The van der Waals surface area contributed by atoms with Crippen LogP contribution < -0.4 is 10.1 Å². The summed E-state index contributed by atoms with van der Waals surface area (Å²) in [6.45, 7) is 6.54. The van der Waals surface area contributed by atoms with Crippen molar-refractivity contribution in [2.24, 2.45) is 0 Å². The molecule has 4 nitrogen and oxygen atoms in total. The Morgan fingerprint density at radius 2 is 1.85 bits per heavy atom. The summed E-state index contributed by atoms with van der Waals surface area (Å²) in [5.74, 6) is 0.719. The number of carbonyl (C=O) groups excluding carboxylic acids is 1. The van der Waals surface area contributed by atoms with Crippen LogP contribution in [0.1, 0.15) is 34.8 Å². The number of benzene rings is 2. The molecule has 0 saturated carbocycles. The SMILES string of the molecule is CCOc1ccc(-c2nc(C)c(C(=O)Nc3ccccc3CC)s2)cc1. The van der Waals surface area contributed by atoms with Crippen molar-refractivity contribution in [2.45, 2.75) is 27.2 Å². The van der Waals surface area contributed by atoms with Gasteiger partial charge in [-0.25, -0.2) is 4.98 Å². The molecule has 5 heteroatoms. The normalized spacial score (nSPS) is 10.6. The number of aryl methyl sites for hydroxylation is 2. The number of nitrogens with zero attached hydrogens (tertiary/aromatic N) is 1. The van der Waals surface area contributed by atoms with Crippen molar-refractivity contribution in [3.63, 3.8) is 0 Å². The zero-order valence-electron chi connectivity index (χ0n) is 15.2. The lowest BCUT2D eigenvalue weighted by Crippen LogP contribution is -2.12. The molecule has 0 aliphatic heterocycles. The fourth-order valence-corrected chi connectivity index (χ4v) is 3.69.